The van der Waals surface area contributed by atoms with Crippen LogP contribution in [0.25, 0.3) is 0 Å². The summed E-state index contributed by atoms with van der Waals surface area (Å²) in [5.41, 5.74) is 1.19. The van der Waals surface area contributed by atoms with E-state index in [0.717, 1.165) is 49.0 Å². The molecule has 0 amide bonds. The van der Waals surface area contributed by atoms with Crippen molar-refractivity contribution in [3.8, 4) is 5.75 Å². The Kier molecular flexibility index (Phi) is 4.78. The van der Waals surface area contributed by atoms with Crippen molar-refractivity contribution < 1.29 is 9.53 Å². The number of nitrogens with zero attached hydrogens (tertiary/aromatic N) is 1. The highest BCUT2D eigenvalue weighted by molar-refractivity contribution is 9.10. The number of carbonyl (C=O) groups excluding carboxylic acids is 1. The summed E-state index contributed by atoms with van der Waals surface area (Å²) in [6, 6.07) is 6.07. The van der Waals surface area contributed by atoms with E-state index in [1.54, 1.807) is 7.11 Å². The molecule has 0 saturated carbocycles. The molecule has 0 atom stereocenters. The maximum absolute atomic E-state index is 10.7. The summed E-state index contributed by atoms with van der Waals surface area (Å²) in [6.07, 6.45) is 3.04. The summed E-state index contributed by atoms with van der Waals surface area (Å²) in [4.78, 5) is 13.1. The summed E-state index contributed by atoms with van der Waals surface area (Å²) in [5.74, 6) is 1.18. The van der Waals surface area contributed by atoms with E-state index in [1.807, 2.05) is 12.1 Å². The van der Waals surface area contributed by atoms with Gasteiger partial charge in [-0.25, -0.2) is 0 Å². The molecular weight excluding hydrogens is 294 g/mol. The van der Waals surface area contributed by atoms with Crippen molar-refractivity contribution in [2.75, 3.05) is 20.2 Å². The summed E-state index contributed by atoms with van der Waals surface area (Å²) in [7, 11) is 1.70. The molecule has 4 heteroatoms. The molecule has 1 saturated heterocycles. The molecule has 1 aliphatic heterocycles. The van der Waals surface area contributed by atoms with Crippen LogP contribution in [0.2, 0.25) is 0 Å². The van der Waals surface area contributed by atoms with Gasteiger partial charge in [0.05, 0.1) is 7.11 Å². The van der Waals surface area contributed by atoms with Crippen molar-refractivity contribution in [1.29, 1.82) is 0 Å². The van der Waals surface area contributed by atoms with E-state index in [0.29, 0.717) is 0 Å². The van der Waals surface area contributed by atoms with Crippen LogP contribution in [-0.4, -0.2) is 31.4 Å². The maximum atomic E-state index is 10.7. The Bertz CT molecular complexity index is 414. The third kappa shape index (κ3) is 3.33. The molecule has 0 N–H and O–H groups in total. The highest BCUT2D eigenvalue weighted by Gasteiger charge is 2.19. The predicted molar refractivity (Wildman–Crippen MR) is 74.8 cm³/mol. The van der Waals surface area contributed by atoms with Gasteiger partial charge in [-0.3, -0.25) is 4.90 Å². The zero-order valence-electron chi connectivity index (χ0n) is 10.6. The van der Waals surface area contributed by atoms with Gasteiger partial charge in [0, 0.05) is 22.5 Å². The van der Waals surface area contributed by atoms with Gasteiger partial charge in [0.15, 0.2) is 0 Å². The van der Waals surface area contributed by atoms with Gasteiger partial charge < -0.3 is 9.53 Å². The van der Waals surface area contributed by atoms with E-state index in [2.05, 4.69) is 26.9 Å². The van der Waals surface area contributed by atoms with Gasteiger partial charge in [-0.15, -0.1) is 0 Å². The van der Waals surface area contributed by atoms with Crippen LogP contribution in [-0.2, 0) is 11.3 Å². The molecule has 1 fully saturated rings. The molecule has 1 aliphatic rings. The van der Waals surface area contributed by atoms with Crippen LogP contribution in [0.4, 0.5) is 0 Å². The van der Waals surface area contributed by atoms with E-state index >= 15 is 0 Å². The van der Waals surface area contributed by atoms with Gasteiger partial charge in [0.2, 0.25) is 0 Å². The lowest BCUT2D eigenvalue weighted by Gasteiger charge is -2.30. The first-order valence-corrected chi connectivity index (χ1v) is 7.02. The largest absolute Gasteiger partial charge is 0.496 e. The molecule has 0 bridgehead atoms. The minimum atomic E-state index is 0.255. The molecule has 2 rings (SSSR count). The van der Waals surface area contributed by atoms with Crippen LogP contribution < -0.4 is 4.74 Å². The molecule has 3 nitrogen and oxygen atoms in total. The summed E-state index contributed by atoms with van der Waals surface area (Å²) < 4.78 is 6.45. The molecule has 98 valence electrons. The van der Waals surface area contributed by atoms with Gasteiger partial charge in [0.1, 0.15) is 12.0 Å². The zero-order chi connectivity index (χ0) is 13.0. The van der Waals surface area contributed by atoms with Crippen molar-refractivity contribution >= 4 is 22.2 Å². The van der Waals surface area contributed by atoms with E-state index in [4.69, 9.17) is 4.74 Å². The van der Waals surface area contributed by atoms with Crippen LogP contribution in [0.3, 0.4) is 0 Å². The van der Waals surface area contributed by atoms with Gasteiger partial charge in [0.25, 0.3) is 0 Å². The molecule has 0 aliphatic carbocycles. The molecule has 1 aromatic rings. The third-order valence-electron chi connectivity index (χ3n) is 3.46. The lowest BCUT2D eigenvalue weighted by molar-refractivity contribution is -0.112. The lowest BCUT2D eigenvalue weighted by Crippen LogP contribution is -2.33. The van der Waals surface area contributed by atoms with E-state index in [1.165, 1.54) is 5.56 Å². The topological polar surface area (TPSA) is 29.5 Å². The third-order valence-corrected chi connectivity index (χ3v) is 3.95. The fourth-order valence-corrected chi connectivity index (χ4v) is 2.77. The fourth-order valence-electron chi connectivity index (χ4n) is 2.36. The molecule has 1 heterocycles. The van der Waals surface area contributed by atoms with E-state index in [9.17, 15) is 4.79 Å². The maximum Gasteiger partial charge on any atom is 0.123 e. The van der Waals surface area contributed by atoms with Gasteiger partial charge in [-0.2, -0.15) is 0 Å². The minimum Gasteiger partial charge on any atom is -0.496 e. The normalized spacial score (nSPS) is 17.7. The summed E-state index contributed by atoms with van der Waals surface area (Å²) >= 11 is 3.49. The number of halogens is 1. The molecule has 1 aromatic carbocycles. The number of aldehydes is 1. The Labute approximate surface area is 116 Å². The molecule has 0 radical (unpaired) electrons. The number of benzene rings is 1. The monoisotopic (exact) mass is 311 g/mol. The van der Waals surface area contributed by atoms with Gasteiger partial charge >= 0.3 is 0 Å². The Balaban J connectivity index is 2.01. The second-order valence-corrected chi connectivity index (χ2v) is 5.62. The van der Waals surface area contributed by atoms with Crippen LogP contribution in [0.15, 0.2) is 22.7 Å². The molecule has 18 heavy (non-hydrogen) atoms. The first-order chi connectivity index (χ1) is 8.72. The number of hydrogen-bond acceptors (Lipinski definition) is 3. The standard InChI is InChI=1S/C14H18BrNO2/c1-18-14-3-2-13(15)8-12(14)9-16-6-4-11(10-17)5-7-16/h2-3,8,10-11H,4-7,9H2,1H3. The highest BCUT2D eigenvalue weighted by atomic mass is 79.9. The van der Waals surface area contributed by atoms with Crippen molar-refractivity contribution in [3.05, 3.63) is 28.2 Å². The zero-order valence-corrected chi connectivity index (χ0v) is 12.1. The number of piperidine rings is 1. The first-order valence-electron chi connectivity index (χ1n) is 6.23. The average Bonchev–Trinajstić information content (AvgIpc) is 2.40. The molecule has 0 aromatic heterocycles. The predicted octanol–water partition coefficient (Wildman–Crippen LogP) is 2.87. The van der Waals surface area contributed by atoms with Crippen molar-refractivity contribution in [1.82, 2.24) is 4.90 Å². The average molecular weight is 312 g/mol. The SMILES string of the molecule is COc1ccc(Br)cc1CN1CCC(C=O)CC1. The van der Waals surface area contributed by atoms with Gasteiger partial charge in [-0.05, 0) is 44.1 Å². The Morgan fingerprint density at radius 1 is 1.44 bits per heavy atom. The van der Waals surface area contributed by atoms with E-state index in [-0.39, 0.29) is 5.92 Å². The highest BCUT2D eigenvalue weighted by Crippen LogP contribution is 2.26. The number of carbonyl (C=O) groups is 1. The Morgan fingerprint density at radius 2 is 2.17 bits per heavy atom. The fraction of sp³-hybridized carbons (Fsp3) is 0.500. The number of rotatable bonds is 4. The first kappa shape index (κ1) is 13.6. The van der Waals surface area contributed by atoms with Gasteiger partial charge in [-0.1, -0.05) is 15.9 Å². The second-order valence-electron chi connectivity index (χ2n) is 4.71. The second kappa shape index (κ2) is 6.34. The minimum absolute atomic E-state index is 0.255. The van der Waals surface area contributed by atoms with Crippen molar-refractivity contribution in [3.63, 3.8) is 0 Å². The smallest absolute Gasteiger partial charge is 0.123 e. The molecule has 0 spiro atoms. The van der Waals surface area contributed by atoms with Crippen LogP contribution in [0, 0.1) is 5.92 Å². The van der Waals surface area contributed by atoms with E-state index < -0.39 is 0 Å². The number of ether oxygens (including phenoxy) is 1. The Hall–Kier alpha value is -0.870. The number of likely N-dealkylation sites (tertiary alicyclic amines) is 1. The molecule has 0 unspecified atom stereocenters. The van der Waals surface area contributed by atoms with Crippen LogP contribution in [0.5, 0.6) is 5.75 Å². The van der Waals surface area contributed by atoms with Crippen LogP contribution in [0.1, 0.15) is 18.4 Å². The summed E-state index contributed by atoms with van der Waals surface area (Å²) in [6.45, 7) is 2.85. The number of hydrogen-bond donors (Lipinski definition) is 0. The quantitative estimate of drug-likeness (QED) is 0.801. The lowest BCUT2D eigenvalue weighted by atomic mass is 9.98. The van der Waals surface area contributed by atoms with Crippen molar-refractivity contribution in [2.45, 2.75) is 19.4 Å². The molecular formula is C14H18BrNO2. The van der Waals surface area contributed by atoms with Crippen LogP contribution >= 0.6 is 15.9 Å². The summed E-state index contributed by atoms with van der Waals surface area (Å²) in [5, 5.41) is 0. The van der Waals surface area contributed by atoms with Crippen molar-refractivity contribution in [2.24, 2.45) is 5.92 Å². The number of methoxy groups -OCH3 is 1. The Morgan fingerprint density at radius 3 is 2.78 bits per heavy atom.